The highest BCUT2D eigenvalue weighted by molar-refractivity contribution is 7.90. The molecule has 3 aliphatic heterocycles. The van der Waals surface area contributed by atoms with Crippen LogP contribution in [0, 0.1) is 10.3 Å². The van der Waals surface area contributed by atoms with Gasteiger partial charge in [-0.05, 0) is 90.4 Å². The number of allylic oxidation sites excluding steroid dienone is 1. The van der Waals surface area contributed by atoms with Gasteiger partial charge in [-0.2, -0.15) is 5.10 Å². The predicted molar refractivity (Wildman–Crippen MR) is 260 cm³/mol. The molecule has 16 nitrogen and oxygen atoms in total. The number of anilines is 2. The number of amides is 1. The molecule has 0 saturated carbocycles. The molecule has 3 N–H and O–H groups in total. The number of sulfonamides is 1. The van der Waals surface area contributed by atoms with Crippen LogP contribution in [0.5, 0.6) is 0 Å². The van der Waals surface area contributed by atoms with E-state index in [4.69, 9.17) is 31.2 Å². The van der Waals surface area contributed by atoms with Gasteiger partial charge in [0.05, 0.1) is 59.8 Å². The summed E-state index contributed by atoms with van der Waals surface area (Å²) in [7, 11) is -3.16. The minimum Gasteiger partial charge on any atom is -0.378 e. The van der Waals surface area contributed by atoms with Gasteiger partial charge in [0.1, 0.15) is 16.9 Å². The number of rotatable bonds is 13. The second kappa shape index (κ2) is 18.4. The molecule has 0 unspecified atom stereocenters. The maximum Gasteiger partial charge on any atom is 0.279 e. The zero-order chi connectivity index (χ0) is 46.5. The lowest BCUT2D eigenvalue weighted by Crippen LogP contribution is -2.56. The van der Waals surface area contributed by atoms with Crippen molar-refractivity contribution in [3.05, 3.63) is 112 Å². The smallest absolute Gasteiger partial charge is 0.279 e. The summed E-state index contributed by atoms with van der Waals surface area (Å²) in [4.78, 5) is 42.0. The van der Waals surface area contributed by atoms with E-state index in [1.807, 2.05) is 42.6 Å². The fourth-order valence-electron chi connectivity index (χ4n) is 9.78. The molecule has 3 saturated heterocycles. The van der Waals surface area contributed by atoms with Crippen molar-refractivity contribution >= 4 is 72.2 Å². The van der Waals surface area contributed by atoms with E-state index < -0.39 is 15.9 Å². The average Bonchev–Trinajstić information content (AvgIpc) is 3.94. The van der Waals surface area contributed by atoms with Gasteiger partial charge in [-0.25, -0.2) is 22.8 Å². The largest absolute Gasteiger partial charge is 0.378 e. The first-order valence-electron chi connectivity index (χ1n) is 23.0. The molecule has 67 heavy (non-hydrogen) atoms. The van der Waals surface area contributed by atoms with Crippen molar-refractivity contribution in [1.29, 1.82) is 0 Å². The van der Waals surface area contributed by atoms with Crippen LogP contribution >= 0.6 is 11.6 Å². The van der Waals surface area contributed by atoms with E-state index in [1.54, 1.807) is 23.0 Å². The third-order valence-electron chi connectivity index (χ3n) is 13.7. The molecule has 350 valence electrons. The number of halogens is 1. The summed E-state index contributed by atoms with van der Waals surface area (Å²) in [5.41, 5.74) is 8.27. The van der Waals surface area contributed by atoms with Crippen molar-refractivity contribution in [2.75, 3.05) is 89.4 Å². The number of hydrogen-bond donors (Lipinski definition) is 3. The van der Waals surface area contributed by atoms with Crippen LogP contribution < -0.4 is 14.9 Å². The maximum absolute atomic E-state index is 14.3. The number of nitrogens with one attached hydrogen (secondary N) is 3. The number of carbonyl (C=O) groups excluding carboxylic acids is 1. The first-order valence-corrected chi connectivity index (χ1v) is 24.8. The van der Waals surface area contributed by atoms with Crippen molar-refractivity contribution in [3.8, 4) is 5.69 Å². The first kappa shape index (κ1) is 45.1. The maximum atomic E-state index is 14.3. The number of H-pyrrole nitrogens is 1. The van der Waals surface area contributed by atoms with Crippen LogP contribution in [0.2, 0.25) is 5.02 Å². The lowest BCUT2D eigenvalue weighted by molar-refractivity contribution is -0.427. The third kappa shape index (κ3) is 9.58. The molecule has 0 spiro atoms. The lowest BCUT2D eigenvalue weighted by atomic mass is 9.72. The molecule has 0 bridgehead atoms. The van der Waals surface area contributed by atoms with Crippen LogP contribution in [-0.4, -0.2) is 140 Å². The Hall–Kier alpha value is -5.69. The van der Waals surface area contributed by atoms with Crippen LogP contribution in [0.4, 0.5) is 17.1 Å². The second-order valence-electron chi connectivity index (χ2n) is 18.9. The Balaban J connectivity index is 0.889. The summed E-state index contributed by atoms with van der Waals surface area (Å²) in [5.74, 6) is -0.846. The molecular weight excluding hydrogens is 892 g/mol. The van der Waals surface area contributed by atoms with Crippen molar-refractivity contribution in [2.24, 2.45) is 5.41 Å². The fourth-order valence-corrected chi connectivity index (χ4v) is 10.9. The zero-order valence-electron chi connectivity index (χ0n) is 38.0. The standard InChI is InChI=1S/C49H55ClN10O6S/c1-49(2)14-12-34(41(25-49)32-4-6-35(50)7-5-32)28-57-16-18-58(19-17-57)36-8-10-40(44(23-36)60-46-22-33-13-15-51-47(33)54-43(46)27-53-60)48(61)55-67(63,64)39-9-11-42(45(24-39)56(3)62)52-26-38-29-59(20-21-66-38)37-30-65-31-37/h4-11,13,15,22-24,27,37-38H,12,14,16-21,25-26,28-31H2,1-3H3,(H2-,51,52,53,54,55,61,62)/p+1/t38-/m1/s1. The van der Waals surface area contributed by atoms with Gasteiger partial charge in [-0.3, -0.25) is 14.6 Å². The summed E-state index contributed by atoms with van der Waals surface area (Å²) < 4.78 is 44.0. The van der Waals surface area contributed by atoms with Gasteiger partial charge in [0, 0.05) is 90.4 Å². The van der Waals surface area contributed by atoms with E-state index in [0.717, 1.165) is 74.6 Å². The molecule has 6 heterocycles. The summed E-state index contributed by atoms with van der Waals surface area (Å²) in [6, 6.07) is 22.1. The van der Waals surface area contributed by atoms with Crippen LogP contribution in [0.3, 0.4) is 0 Å². The van der Waals surface area contributed by atoms with Crippen LogP contribution in [0.15, 0.2) is 95.7 Å². The van der Waals surface area contributed by atoms with E-state index in [1.165, 1.54) is 35.9 Å². The number of benzene rings is 3. The van der Waals surface area contributed by atoms with Gasteiger partial charge < -0.3 is 24.7 Å². The van der Waals surface area contributed by atoms with Crippen molar-refractivity contribution in [1.82, 2.24) is 34.3 Å². The van der Waals surface area contributed by atoms with Crippen LogP contribution in [-0.2, 0) is 19.5 Å². The number of ether oxygens (including phenoxy) is 2. The van der Waals surface area contributed by atoms with E-state index >= 15 is 0 Å². The Morgan fingerprint density at radius 2 is 1.81 bits per heavy atom. The summed E-state index contributed by atoms with van der Waals surface area (Å²) in [6.07, 6.45) is 6.54. The number of hydrogen-bond acceptors (Lipinski definition) is 12. The molecule has 18 heteroatoms. The number of piperazine rings is 1. The van der Waals surface area contributed by atoms with Crippen molar-refractivity contribution < 1.29 is 27.4 Å². The molecule has 0 radical (unpaired) electrons. The molecule has 6 aromatic rings. The summed E-state index contributed by atoms with van der Waals surface area (Å²) in [5, 5.41) is 9.57. The number of carbonyl (C=O) groups is 1. The Morgan fingerprint density at radius 3 is 2.57 bits per heavy atom. The van der Waals surface area contributed by atoms with Gasteiger partial charge in [0.2, 0.25) is 0 Å². The van der Waals surface area contributed by atoms with Gasteiger partial charge in [0.15, 0.2) is 7.05 Å². The van der Waals surface area contributed by atoms with Gasteiger partial charge in [-0.15, -0.1) is 0 Å². The summed E-state index contributed by atoms with van der Waals surface area (Å²) >= 11 is 6.27. The molecule has 3 fully saturated rings. The molecule has 3 aromatic heterocycles. The molecule has 10 rings (SSSR count). The average molecular weight is 949 g/mol. The molecule has 1 amide bonds. The highest BCUT2D eigenvalue weighted by Gasteiger charge is 2.33. The van der Waals surface area contributed by atoms with Crippen LogP contribution in [0.25, 0.3) is 33.3 Å². The van der Waals surface area contributed by atoms with Crippen molar-refractivity contribution in [3.63, 3.8) is 0 Å². The summed E-state index contributed by atoms with van der Waals surface area (Å²) in [6.45, 7) is 12.8. The molecule has 1 atom stereocenters. The Kier molecular flexibility index (Phi) is 12.4. The normalized spacial score (nSPS) is 19.8. The number of aromatic amines is 1. The SMILES string of the molecule is C[N+](=O)c1cc(S(=O)(=O)NC(=O)c2ccc(N3CCN(CC4=C(c5ccc(Cl)cc5)CC(C)(C)CC4)CC3)cc2-n2ncc3nc4[nH]ccc4cc32)ccc1NC[C@@H]1CN(C2COC2)CCO1. The van der Waals surface area contributed by atoms with E-state index in [9.17, 15) is 18.1 Å². The molecule has 1 aliphatic carbocycles. The van der Waals surface area contributed by atoms with E-state index in [-0.39, 0.29) is 27.7 Å². The minimum absolute atomic E-state index is 0.0986. The second-order valence-corrected chi connectivity index (χ2v) is 21.0. The van der Waals surface area contributed by atoms with Gasteiger partial charge >= 0.3 is 0 Å². The third-order valence-corrected chi connectivity index (χ3v) is 15.3. The monoisotopic (exact) mass is 947 g/mol. The first-order chi connectivity index (χ1) is 32.3. The fraction of sp³-hybridized carbons (Fsp3) is 0.408. The highest BCUT2D eigenvalue weighted by atomic mass is 35.5. The zero-order valence-corrected chi connectivity index (χ0v) is 39.6. The number of fused-ring (bicyclic) bond motifs is 2. The predicted octanol–water partition coefficient (Wildman–Crippen LogP) is 7.01. The Bertz CT molecular complexity index is 2990. The quantitative estimate of drug-likeness (QED) is 0.101. The van der Waals surface area contributed by atoms with E-state index in [2.05, 4.69) is 55.7 Å². The van der Waals surface area contributed by atoms with Crippen molar-refractivity contribution in [2.45, 2.75) is 50.2 Å². The number of pyridine rings is 1. The van der Waals surface area contributed by atoms with Crippen LogP contribution in [0.1, 0.15) is 49.0 Å². The van der Waals surface area contributed by atoms with E-state index in [0.29, 0.717) is 71.8 Å². The van der Waals surface area contributed by atoms with Gasteiger partial charge in [0.25, 0.3) is 21.6 Å². The number of nitroso groups, excluding NO2 is 1. The Morgan fingerprint density at radius 1 is 1.00 bits per heavy atom. The Labute approximate surface area is 394 Å². The number of aromatic nitrogens is 4. The number of morpholine rings is 1. The molecule has 4 aliphatic rings. The molecule has 3 aromatic carbocycles. The number of nitrogens with zero attached hydrogens (tertiary/aromatic N) is 7. The highest BCUT2D eigenvalue weighted by Crippen LogP contribution is 2.43. The molecular formula is C49H56ClN10O6S+. The topological polar surface area (TPSA) is 170 Å². The van der Waals surface area contributed by atoms with Gasteiger partial charge in [-0.1, -0.05) is 43.2 Å². The lowest BCUT2D eigenvalue weighted by Gasteiger charge is -2.42. The minimum atomic E-state index is -4.47.